The molecule has 0 saturated carbocycles. The monoisotopic (exact) mass is 363 g/mol. The molecule has 0 saturated heterocycles. The Morgan fingerprint density at radius 2 is 2.17 bits per heavy atom. The largest absolute Gasteiger partial charge is 0.507 e. The van der Waals surface area contributed by atoms with Crippen LogP contribution in [-0.4, -0.2) is 28.3 Å². The highest BCUT2D eigenvalue weighted by molar-refractivity contribution is 14.1. The number of amides is 1. The van der Waals surface area contributed by atoms with Crippen molar-refractivity contribution < 1.29 is 15.0 Å². The topological polar surface area (TPSA) is 69.6 Å². The molecule has 0 spiro atoms. The minimum Gasteiger partial charge on any atom is -0.507 e. The highest BCUT2D eigenvalue weighted by Gasteiger charge is 2.24. The molecule has 4 nitrogen and oxygen atoms in total. The van der Waals surface area contributed by atoms with Gasteiger partial charge < -0.3 is 15.5 Å². The molecule has 5 heteroatoms. The second-order valence-electron chi connectivity index (χ2n) is 4.51. The van der Waals surface area contributed by atoms with Crippen molar-refractivity contribution in [2.75, 3.05) is 6.61 Å². The van der Waals surface area contributed by atoms with E-state index in [2.05, 4.69) is 5.32 Å². The maximum atomic E-state index is 12.1. The summed E-state index contributed by atoms with van der Waals surface area (Å²) in [5.41, 5.74) is -0.00435. The summed E-state index contributed by atoms with van der Waals surface area (Å²) in [6, 6.07) is 4.82. The lowest BCUT2D eigenvalue weighted by Gasteiger charge is -2.29. The molecule has 0 radical (unpaired) electrons. The van der Waals surface area contributed by atoms with Crippen LogP contribution in [0, 0.1) is 3.57 Å². The van der Waals surface area contributed by atoms with Crippen LogP contribution >= 0.6 is 22.6 Å². The summed E-state index contributed by atoms with van der Waals surface area (Å²) in [6.45, 7) is 3.89. The summed E-state index contributed by atoms with van der Waals surface area (Å²) in [5, 5.41) is 21.5. The molecule has 0 heterocycles. The molecule has 1 amide bonds. The molecular weight excluding hydrogens is 345 g/mol. The number of aromatic hydroxyl groups is 1. The van der Waals surface area contributed by atoms with E-state index in [1.807, 2.05) is 36.4 Å². The summed E-state index contributed by atoms with van der Waals surface area (Å²) >= 11 is 2.00. The van der Waals surface area contributed by atoms with Crippen molar-refractivity contribution in [2.24, 2.45) is 0 Å². The Labute approximate surface area is 121 Å². The van der Waals surface area contributed by atoms with Gasteiger partial charge >= 0.3 is 0 Å². The highest BCUT2D eigenvalue weighted by Crippen LogP contribution is 2.21. The minimum absolute atomic E-state index is 0.0303. The van der Waals surface area contributed by atoms with Crippen LogP contribution in [0.25, 0.3) is 0 Å². The molecule has 100 valence electrons. The second kappa shape index (κ2) is 6.38. The molecule has 0 bridgehead atoms. The van der Waals surface area contributed by atoms with E-state index in [1.165, 1.54) is 6.07 Å². The number of hydrogen-bond acceptors (Lipinski definition) is 3. The van der Waals surface area contributed by atoms with Crippen LogP contribution in [0.1, 0.15) is 37.0 Å². The number of aliphatic hydroxyl groups is 1. The van der Waals surface area contributed by atoms with Crippen molar-refractivity contribution in [1.29, 1.82) is 0 Å². The van der Waals surface area contributed by atoms with Crippen molar-refractivity contribution in [3.8, 4) is 5.75 Å². The van der Waals surface area contributed by atoms with E-state index < -0.39 is 5.54 Å². The lowest BCUT2D eigenvalue weighted by molar-refractivity contribution is 0.0885. The molecule has 1 unspecified atom stereocenters. The van der Waals surface area contributed by atoms with Crippen LogP contribution in [0.15, 0.2) is 18.2 Å². The third-order valence-corrected chi connectivity index (χ3v) is 3.98. The molecule has 1 aromatic rings. The Kier molecular flexibility index (Phi) is 5.40. The van der Waals surface area contributed by atoms with Crippen LogP contribution in [0.5, 0.6) is 5.75 Å². The van der Waals surface area contributed by atoms with Crippen molar-refractivity contribution in [1.82, 2.24) is 5.32 Å². The Bertz CT molecular complexity index is 436. The zero-order chi connectivity index (χ0) is 13.8. The van der Waals surface area contributed by atoms with Gasteiger partial charge in [-0.05, 0) is 60.6 Å². The van der Waals surface area contributed by atoms with Crippen molar-refractivity contribution in [3.63, 3.8) is 0 Å². The van der Waals surface area contributed by atoms with Crippen LogP contribution in [0.2, 0.25) is 0 Å². The normalized spacial score (nSPS) is 14.0. The van der Waals surface area contributed by atoms with Gasteiger partial charge in [-0.1, -0.05) is 6.92 Å². The fourth-order valence-corrected chi connectivity index (χ4v) is 1.91. The van der Waals surface area contributed by atoms with E-state index in [0.29, 0.717) is 15.6 Å². The molecule has 0 aliphatic carbocycles. The first-order valence-electron chi connectivity index (χ1n) is 5.84. The zero-order valence-electron chi connectivity index (χ0n) is 10.5. The SMILES string of the molecule is CCC(C)(CCO)NC(=O)c1ccc(I)c(O)c1. The zero-order valence-corrected chi connectivity index (χ0v) is 12.7. The number of carbonyl (C=O) groups is 1. The van der Waals surface area contributed by atoms with Gasteiger partial charge in [-0.2, -0.15) is 0 Å². The summed E-state index contributed by atoms with van der Waals surface area (Å²) in [6.07, 6.45) is 1.24. The minimum atomic E-state index is -0.426. The first kappa shape index (κ1) is 15.2. The molecule has 0 aliphatic heterocycles. The Balaban J connectivity index is 2.84. The third-order valence-electron chi connectivity index (χ3n) is 3.07. The summed E-state index contributed by atoms with van der Waals surface area (Å²) in [4.78, 5) is 12.1. The Hall–Kier alpha value is -0.820. The van der Waals surface area contributed by atoms with E-state index in [1.54, 1.807) is 12.1 Å². The predicted octanol–water partition coefficient (Wildman–Crippen LogP) is 2.28. The van der Waals surface area contributed by atoms with Gasteiger partial charge in [0.05, 0.1) is 3.57 Å². The molecule has 3 N–H and O–H groups in total. The number of phenolic OH excluding ortho intramolecular Hbond substituents is 1. The molecule has 18 heavy (non-hydrogen) atoms. The second-order valence-corrected chi connectivity index (χ2v) is 5.67. The average molecular weight is 363 g/mol. The van der Waals surface area contributed by atoms with E-state index in [-0.39, 0.29) is 18.3 Å². The first-order chi connectivity index (χ1) is 8.41. The lowest BCUT2D eigenvalue weighted by Crippen LogP contribution is -2.46. The van der Waals surface area contributed by atoms with Gasteiger partial charge in [0.15, 0.2) is 0 Å². The lowest BCUT2D eigenvalue weighted by atomic mass is 9.94. The Morgan fingerprint density at radius 3 is 2.67 bits per heavy atom. The summed E-state index contributed by atoms with van der Waals surface area (Å²) < 4.78 is 0.706. The van der Waals surface area contributed by atoms with Crippen molar-refractivity contribution >= 4 is 28.5 Å². The summed E-state index contributed by atoms with van der Waals surface area (Å²) in [7, 11) is 0. The number of rotatable bonds is 5. The number of aliphatic hydroxyl groups excluding tert-OH is 1. The van der Waals surface area contributed by atoms with Crippen LogP contribution in [-0.2, 0) is 0 Å². The Morgan fingerprint density at radius 1 is 1.50 bits per heavy atom. The number of phenols is 1. The number of carbonyl (C=O) groups excluding carboxylic acids is 1. The standard InChI is InChI=1S/C13H18INO3/c1-3-13(2,6-7-16)15-12(18)9-4-5-10(14)11(17)8-9/h4-5,8,16-17H,3,6-7H2,1-2H3,(H,15,18). The number of benzene rings is 1. The van der Waals surface area contributed by atoms with E-state index in [0.717, 1.165) is 6.42 Å². The quantitative estimate of drug-likeness (QED) is 0.703. The van der Waals surface area contributed by atoms with Crippen LogP contribution in [0.3, 0.4) is 0 Å². The van der Waals surface area contributed by atoms with Crippen LogP contribution < -0.4 is 5.32 Å². The van der Waals surface area contributed by atoms with Gasteiger partial charge in [0.1, 0.15) is 5.75 Å². The molecule has 0 aromatic heterocycles. The maximum Gasteiger partial charge on any atom is 0.251 e. The molecular formula is C13H18INO3. The summed E-state index contributed by atoms with van der Waals surface area (Å²) in [5.74, 6) is -0.136. The maximum absolute atomic E-state index is 12.1. The molecule has 1 atom stereocenters. The first-order valence-corrected chi connectivity index (χ1v) is 6.91. The van der Waals surface area contributed by atoms with Gasteiger partial charge in [-0.3, -0.25) is 4.79 Å². The molecule has 1 aromatic carbocycles. The number of halogens is 1. The van der Waals surface area contributed by atoms with Gasteiger partial charge in [0.25, 0.3) is 5.91 Å². The fourth-order valence-electron chi connectivity index (χ4n) is 1.57. The molecule has 0 fully saturated rings. The molecule has 0 aliphatic rings. The van der Waals surface area contributed by atoms with Crippen LogP contribution in [0.4, 0.5) is 0 Å². The van der Waals surface area contributed by atoms with Crippen molar-refractivity contribution in [3.05, 3.63) is 27.3 Å². The van der Waals surface area contributed by atoms with Gasteiger partial charge in [0.2, 0.25) is 0 Å². The van der Waals surface area contributed by atoms with Gasteiger partial charge in [-0.25, -0.2) is 0 Å². The molecule has 1 rings (SSSR count). The highest BCUT2D eigenvalue weighted by atomic mass is 127. The predicted molar refractivity (Wildman–Crippen MR) is 78.7 cm³/mol. The number of hydrogen-bond donors (Lipinski definition) is 3. The van der Waals surface area contributed by atoms with Gasteiger partial charge in [0, 0.05) is 17.7 Å². The third kappa shape index (κ3) is 3.84. The van der Waals surface area contributed by atoms with E-state index >= 15 is 0 Å². The van der Waals surface area contributed by atoms with Gasteiger partial charge in [-0.15, -0.1) is 0 Å². The smallest absolute Gasteiger partial charge is 0.251 e. The fraction of sp³-hybridized carbons (Fsp3) is 0.462. The van der Waals surface area contributed by atoms with E-state index in [4.69, 9.17) is 5.11 Å². The van der Waals surface area contributed by atoms with Crippen molar-refractivity contribution in [2.45, 2.75) is 32.2 Å². The van der Waals surface area contributed by atoms with E-state index in [9.17, 15) is 9.90 Å². The number of nitrogens with one attached hydrogen (secondary N) is 1. The average Bonchev–Trinajstić information content (AvgIpc) is 2.32.